The Labute approximate surface area is 200 Å². The predicted octanol–water partition coefficient (Wildman–Crippen LogP) is 1.19. The molecule has 0 aliphatic carbocycles. The van der Waals surface area contributed by atoms with Gasteiger partial charge >= 0.3 is 11.8 Å². The third kappa shape index (κ3) is 5.78. The van der Waals surface area contributed by atoms with Gasteiger partial charge in [-0.15, -0.1) is 0 Å². The molecule has 2 amide bonds. The van der Waals surface area contributed by atoms with Gasteiger partial charge in [-0.25, -0.2) is 0 Å². The summed E-state index contributed by atoms with van der Waals surface area (Å²) in [6, 6.07) is 13.4. The highest BCUT2D eigenvalue weighted by Crippen LogP contribution is 2.35. The molecule has 2 aromatic rings. The van der Waals surface area contributed by atoms with Crippen LogP contribution in [-0.4, -0.2) is 81.8 Å². The summed E-state index contributed by atoms with van der Waals surface area (Å²) in [6.07, 6.45) is 0.574. The SMILES string of the molecule is COc1ccccc1CCNC(=O)C(=O)NCC(c1ccc2c(c1)OCO2)N1CCN(C)CC1. The van der Waals surface area contributed by atoms with Crippen LogP contribution in [0, 0.1) is 0 Å². The first-order valence-corrected chi connectivity index (χ1v) is 11.5. The highest BCUT2D eigenvalue weighted by atomic mass is 16.7. The van der Waals surface area contributed by atoms with E-state index in [-0.39, 0.29) is 12.8 Å². The number of rotatable bonds is 8. The summed E-state index contributed by atoms with van der Waals surface area (Å²) < 4.78 is 16.3. The summed E-state index contributed by atoms with van der Waals surface area (Å²) in [6.45, 7) is 4.51. The van der Waals surface area contributed by atoms with E-state index in [2.05, 4.69) is 27.5 Å². The number of piperazine rings is 1. The van der Waals surface area contributed by atoms with Gasteiger partial charge < -0.3 is 29.7 Å². The van der Waals surface area contributed by atoms with Gasteiger partial charge in [-0.05, 0) is 42.8 Å². The summed E-state index contributed by atoms with van der Waals surface area (Å²) >= 11 is 0. The molecule has 0 radical (unpaired) electrons. The molecule has 1 saturated heterocycles. The van der Waals surface area contributed by atoms with Crippen molar-refractivity contribution in [3.63, 3.8) is 0 Å². The second kappa shape index (κ2) is 11.2. The fraction of sp³-hybridized carbons (Fsp3) is 0.440. The van der Waals surface area contributed by atoms with Gasteiger partial charge in [0.1, 0.15) is 5.75 Å². The summed E-state index contributed by atoms with van der Waals surface area (Å²) in [4.78, 5) is 29.6. The number of methoxy groups -OCH3 is 1. The summed E-state index contributed by atoms with van der Waals surface area (Å²) in [5.74, 6) is 0.911. The largest absolute Gasteiger partial charge is 0.496 e. The van der Waals surface area contributed by atoms with Gasteiger partial charge in [-0.3, -0.25) is 14.5 Å². The normalized spacial score (nSPS) is 16.6. The Morgan fingerprint density at radius 3 is 2.53 bits per heavy atom. The Balaban J connectivity index is 1.34. The lowest BCUT2D eigenvalue weighted by Gasteiger charge is -2.38. The van der Waals surface area contributed by atoms with Gasteiger partial charge in [0.15, 0.2) is 11.5 Å². The molecule has 34 heavy (non-hydrogen) atoms. The molecule has 0 bridgehead atoms. The zero-order valence-electron chi connectivity index (χ0n) is 19.7. The predicted molar refractivity (Wildman–Crippen MR) is 127 cm³/mol. The summed E-state index contributed by atoms with van der Waals surface area (Å²) in [5, 5.41) is 5.53. The van der Waals surface area contributed by atoms with Crippen LogP contribution in [0.15, 0.2) is 42.5 Å². The van der Waals surface area contributed by atoms with Gasteiger partial charge in [-0.1, -0.05) is 24.3 Å². The number of para-hydroxylation sites is 1. The molecule has 0 saturated carbocycles. The van der Waals surface area contributed by atoms with Crippen molar-refractivity contribution in [1.82, 2.24) is 20.4 Å². The third-order valence-electron chi connectivity index (χ3n) is 6.29. The van der Waals surface area contributed by atoms with Gasteiger partial charge in [0.05, 0.1) is 13.2 Å². The van der Waals surface area contributed by atoms with E-state index in [0.717, 1.165) is 48.8 Å². The molecule has 0 aromatic heterocycles. The van der Waals surface area contributed by atoms with Crippen molar-refractivity contribution in [3.8, 4) is 17.2 Å². The van der Waals surface area contributed by atoms with E-state index in [4.69, 9.17) is 14.2 Å². The van der Waals surface area contributed by atoms with E-state index in [1.165, 1.54) is 0 Å². The molecule has 182 valence electrons. The zero-order chi connectivity index (χ0) is 23.9. The zero-order valence-corrected chi connectivity index (χ0v) is 19.7. The molecular weight excluding hydrogens is 436 g/mol. The molecule has 9 heteroatoms. The Morgan fingerprint density at radius 1 is 1.00 bits per heavy atom. The molecule has 2 aromatic carbocycles. The lowest BCUT2D eigenvalue weighted by molar-refractivity contribution is -0.139. The number of nitrogens with zero attached hydrogens (tertiary/aromatic N) is 2. The maximum absolute atomic E-state index is 12.5. The highest BCUT2D eigenvalue weighted by molar-refractivity contribution is 6.35. The summed E-state index contributed by atoms with van der Waals surface area (Å²) in [7, 11) is 3.71. The van der Waals surface area contributed by atoms with Gasteiger partial charge in [0, 0.05) is 39.3 Å². The number of ether oxygens (including phenoxy) is 3. The topological polar surface area (TPSA) is 92.4 Å². The number of nitrogens with one attached hydrogen (secondary N) is 2. The first-order valence-electron chi connectivity index (χ1n) is 11.5. The molecule has 4 rings (SSSR count). The van der Waals surface area contributed by atoms with Gasteiger partial charge in [-0.2, -0.15) is 0 Å². The minimum absolute atomic E-state index is 0.0754. The first kappa shape index (κ1) is 23.8. The molecule has 2 N–H and O–H groups in total. The van der Waals surface area contributed by atoms with E-state index in [1.807, 2.05) is 42.5 Å². The number of amides is 2. The average molecular weight is 469 g/mol. The molecule has 1 atom stereocenters. The van der Waals surface area contributed by atoms with Crippen LogP contribution in [0.2, 0.25) is 0 Å². The molecule has 1 unspecified atom stereocenters. The minimum Gasteiger partial charge on any atom is -0.496 e. The Morgan fingerprint density at radius 2 is 1.74 bits per heavy atom. The van der Waals surface area contributed by atoms with E-state index in [0.29, 0.717) is 25.3 Å². The smallest absolute Gasteiger partial charge is 0.309 e. The van der Waals surface area contributed by atoms with Crippen molar-refractivity contribution >= 4 is 11.8 Å². The van der Waals surface area contributed by atoms with Crippen LogP contribution in [0.5, 0.6) is 17.2 Å². The maximum atomic E-state index is 12.5. The van der Waals surface area contributed by atoms with Crippen molar-refractivity contribution < 1.29 is 23.8 Å². The van der Waals surface area contributed by atoms with E-state index < -0.39 is 11.8 Å². The fourth-order valence-corrected chi connectivity index (χ4v) is 4.28. The minimum atomic E-state index is -0.641. The van der Waals surface area contributed by atoms with Crippen LogP contribution in [0.4, 0.5) is 0 Å². The number of likely N-dealkylation sites (N-methyl/N-ethyl adjacent to an activating group) is 1. The van der Waals surface area contributed by atoms with Crippen LogP contribution >= 0.6 is 0 Å². The molecule has 1 fully saturated rings. The molecule has 2 heterocycles. The lowest BCUT2D eigenvalue weighted by Crippen LogP contribution is -2.49. The molecule has 2 aliphatic rings. The van der Waals surface area contributed by atoms with Crippen LogP contribution in [0.3, 0.4) is 0 Å². The fourth-order valence-electron chi connectivity index (χ4n) is 4.28. The molecule has 2 aliphatic heterocycles. The van der Waals surface area contributed by atoms with Crippen molar-refractivity contribution in [3.05, 3.63) is 53.6 Å². The quantitative estimate of drug-likeness (QED) is 0.562. The lowest BCUT2D eigenvalue weighted by atomic mass is 10.0. The van der Waals surface area contributed by atoms with Crippen molar-refractivity contribution in [1.29, 1.82) is 0 Å². The second-order valence-corrected chi connectivity index (χ2v) is 8.50. The monoisotopic (exact) mass is 468 g/mol. The molecular formula is C25H32N4O5. The Hall–Kier alpha value is -3.30. The van der Waals surface area contributed by atoms with E-state index >= 15 is 0 Å². The van der Waals surface area contributed by atoms with E-state index in [9.17, 15) is 9.59 Å². The van der Waals surface area contributed by atoms with Crippen LogP contribution in [-0.2, 0) is 16.0 Å². The first-order chi connectivity index (χ1) is 16.5. The van der Waals surface area contributed by atoms with E-state index in [1.54, 1.807) is 7.11 Å². The van der Waals surface area contributed by atoms with Crippen LogP contribution < -0.4 is 24.8 Å². The van der Waals surface area contributed by atoms with Crippen molar-refractivity contribution in [2.45, 2.75) is 12.5 Å². The standard InChI is InChI=1S/C25H32N4O5/c1-28-11-13-29(14-12-28)20(19-7-8-22-23(15-19)34-17-33-22)16-27-25(31)24(30)26-10-9-18-5-3-4-6-21(18)32-2/h3-8,15,20H,9-14,16-17H2,1-2H3,(H,26,30)(H,27,31). The average Bonchev–Trinajstić information content (AvgIpc) is 3.33. The number of fused-ring (bicyclic) bond motifs is 1. The molecule has 9 nitrogen and oxygen atoms in total. The number of hydrogen-bond donors (Lipinski definition) is 2. The maximum Gasteiger partial charge on any atom is 0.309 e. The van der Waals surface area contributed by atoms with Crippen LogP contribution in [0.1, 0.15) is 17.2 Å². The highest BCUT2D eigenvalue weighted by Gasteiger charge is 2.27. The molecule has 0 spiro atoms. The number of benzene rings is 2. The Bertz CT molecular complexity index is 1010. The second-order valence-electron chi connectivity index (χ2n) is 8.50. The Kier molecular flexibility index (Phi) is 7.87. The van der Waals surface area contributed by atoms with Crippen molar-refractivity contribution in [2.24, 2.45) is 0 Å². The summed E-state index contributed by atoms with van der Waals surface area (Å²) in [5.41, 5.74) is 1.99. The van der Waals surface area contributed by atoms with Gasteiger partial charge in [0.25, 0.3) is 0 Å². The number of carbonyl (C=O) groups excluding carboxylic acids is 2. The van der Waals surface area contributed by atoms with Gasteiger partial charge in [0.2, 0.25) is 6.79 Å². The third-order valence-corrected chi connectivity index (χ3v) is 6.29. The van der Waals surface area contributed by atoms with Crippen molar-refractivity contribution in [2.75, 3.05) is 60.2 Å². The number of hydrogen-bond acceptors (Lipinski definition) is 7. The van der Waals surface area contributed by atoms with Crippen LogP contribution in [0.25, 0.3) is 0 Å². The number of carbonyl (C=O) groups is 2.